The minimum absolute atomic E-state index is 0.109. The van der Waals surface area contributed by atoms with Crippen molar-refractivity contribution in [2.45, 2.75) is 31.7 Å². The molecule has 0 aromatic rings. The first-order valence-corrected chi connectivity index (χ1v) is 4.13. The number of rotatable bonds is 4. The van der Waals surface area contributed by atoms with Crippen molar-refractivity contribution >= 4 is 15.3 Å². The average molecular weight is 157 g/mol. The molecule has 1 saturated carbocycles. The summed E-state index contributed by atoms with van der Waals surface area (Å²) in [6.07, 6.45) is 5.74. The van der Waals surface area contributed by atoms with Crippen molar-refractivity contribution in [3.63, 3.8) is 0 Å². The molecular weight excluding hydrogens is 145 g/mol. The van der Waals surface area contributed by atoms with E-state index in [2.05, 4.69) is 13.8 Å². The van der Waals surface area contributed by atoms with Gasteiger partial charge in [-0.3, -0.25) is 4.74 Å². The van der Waals surface area contributed by atoms with Crippen LogP contribution in [-0.2, 0) is 4.79 Å². The van der Waals surface area contributed by atoms with Crippen LogP contribution in [-0.4, -0.2) is 12.3 Å². The van der Waals surface area contributed by atoms with Gasteiger partial charge in [-0.1, -0.05) is 19.3 Å². The summed E-state index contributed by atoms with van der Waals surface area (Å²) in [4.78, 5) is 10.3. The summed E-state index contributed by atoms with van der Waals surface area (Å²) in [6, 6.07) is -0.109. The molecule has 0 spiro atoms. The Hall–Kier alpha value is -0.230. The van der Waals surface area contributed by atoms with Crippen LogP contribution in [0.4, 0.5) is 0 Å². The minimum atomic E-state index is -0.109. The van der Waals surface area contributed by atoms with Crippen LogP contribution in [0.15, 0.2) is 4.74 Å². The molecule has 1 rings (SSSR count). The van der Waals surface area contributed by atoms with Gasteiger partial charge in [0.25, 0.3) is 0 Å². The Labute approximate surface area is 63.3 Å². The van der Waals surface area contributed by atoms with Gasteiger partial charge in [0.15, 0.2) is 0 Å². The standard InChI is InChI=1S/C7H12NOP/c9-5-7(8-10)4-6-2-1-3-6/h5-7,10H,1-4H2. The van der Waals surface area contributed by atoms with Gasteiger partial charge in [0.2, 0.25) is 0 Å². The highest BCUT2D eigenvalue weighted by atomic mass is 31.0. The third kappa shape index (κ3) is 1.88. The third-order valence-corrected chi connectivity index (χ3v) is 2.45. The first-order valence-electron chi connectivity index (χ1n) is 3.68. The number of nitrogens with zero attached hydrogens (tertiary/aromatic N) is 1. The van der Waals surface area contributed by atoms with Crippen LogP contribution in [0.3, 0.4) is 0 Å². The van der Waals surface area contributed by atoms with E-state index in [-0.39, 0.29) is 6.04 Å². The second-order valence-electron chi connectivity index (χ2n) is 2.87. The van der Waals surface area contributed by atoms with E-state index in [0.29, 0.717) is 0 Å². The van der Waals surface area contributed by atoms with Crippen molar-refractivity contribution in [3.05, 3.63) is 0 Å². The summed E-state index contributed by atoms with van der Waals surface area (Å²) < 4.78 is 3.77. The molecule has 0 heterocycles. The number of hydrogen-bond acceptors (Lipinski definition) is 2. The number of carbonyl (C=O) groups excluding carboxylic acids is 1. The fourth-order valence-electron chi connectivity index (χ4n) is 1.21. The molecule has 3 heteroatoms. The smallest absolute Gasteiger partial charge is 0.144 e. The van der Waals surface area contributed by atoms with E-state index in [0.717, 1.165) is 18.6 Å². The first-order chi connectivity index (χ1) is 4.86. The van der Waals surface area contributed by atoms with Gasteiger partial charge in [-0.15, -0.1) is 0 Å². The second-order valence-corrected chi connectivity index (χ2v) is 3.12. The maximum Gasteiger partial charge on any atom is 0.144 e. The van der Waals surface area contributed by atoms with E-state index < -0.39 is 0 Å². The van der Waals surface area contributed by atoms with Crippen molar-refractivity contribution in [3.8, 4) is 0 Å². The largest absolute Gasteiger partial charge is 0.301 e. The fourth-order valence-corrected chi connectivity index (χ4v) is 1.37. The van der Waals surface area contributed by atoms with Gasteiger partial charge in [-0.05, 0) is 21.4 Å². The van der Waals surface area contributed by atoms with Gasteiger partial charge < -0.3 is 4.79 Å². The zero-order valence-corrected chi connectivity index (χ0v) is 6.92. The Morgan fingerprint density at radius 1 is 1.70 bits per heavy atom. The molecule has 10 heavy (non-hydrogen) atoms. The number of hydrogen-bond donors (Lipinski definition) is 0. The van der Waals surface area contributed by atoms with E-state index in [4.69, 9.17) is 0 Å². The van der Waals surface area contributed by atoms with E-state index in [9.17, 15) is 4.79 Å². The van der Waals surface area contributed by atoms with Crippen molar-refractivity contribution in [2.24, 2.45) is 10.7 Å². The highest BCUT2D eigenvalue weighted by Gasteiger charge is 2.20. The molecule has 56 valence electrons. The van der Waals surface area contributed by atoms with Crippen LogP contribution in [0.5, 0.6) is 0 Å². The zero-order valence-electron chi connectivity index (χ0n) is 5.92. The summed E-state index contributed by atoms with van der Waals surface area (Å²) in [5.74, 6) is 0.760. The van der Waals surface area contributed by atoms with Gasteiger partial charge in [-0.2, -0.15) is 0 Å². The summed E-state index contributed by atoms with van der Waals surface area (Å²) in [7, 11) is 3.00. The highest BCUT2D eigenvalue weighted by molar-refractivity contribution is 7.04. The van der Waals surface area contributed by atoms with Gasteiger partial charge in [0.05, 0.1) is 0 Å². The Kier molecular flexibility index (Phi) is 3.01. The van der Waals surface area contributed by atoms with Crippen LogP contribution in [0.1, 0.15) is 25.7 Å². The lowest BCUT2D eigenvalue weighted by Gasteiger charge is -2.25. The molecule has 1 aliphatic rings. The molecule has 0 radical (unpaired) electrons. The van der Waals surface area contributed by atoms with Crippen LogP contribution in [0, 0.1) is 5.92 Å². The molecule has 1 unspecified atom stereocenters. The van der Waals surface area contributed by atoms with Crippen LogP contribution in [0.25, 0.3) is 0 Å². The second kappa shape index (κ2) is 3.82. The average Bonchev–Trinajstić information content (AvgIpc) is 1.87. The summed E-state index contributed by atoms with van der Waals surface area (Å²) >= 11 is 0. The molecule has 1 fully saturated rings. The molecule has 0 aliphatic heterocycles. The SMILES string of the molecule is O=CC(CC1CCC1)N=P. The third-order valence-electron chi connectivity index (χ3n) is 2.12. The molecule has 1 atom stereocenters. The predicted molar refractivity (Wildman–Crippen MR) is 42.6 cm³/mol. The topological polar surface area (TPSA) is 29.4 Å². The molecule has 0 N–H and O–H groups in total. The number of carbonyl (C=O) groups is 1. The predicted octanol–water partition coefficient (Wildman–Crippen LogP) is 2.07. The van der Waals surface area contributed by atoms with E-state index in [1.807, 2.05) is 0 Å². The lowest BCUT2D eigenvalue weighted by molar-refractivity contribution is -0.109. The minimum Gasteiger partial charge on any atom is -0.301 e. The Morgan fingerprint density at radius 2 is 2.40 bits per heavy atom. The first kappa shape index (κ1) is 7.87. The van der Waals surface area contributed by atoms with Crippen molar-refractivity contribution in [1.29, 1.82) is 0 Å². The van der Waals surface area contributed by atoms with Crippen LogP contribution >= 0.6 is 9.03 Å². The summed E-state index contributed by atoms with van der Waals surface area (Å²) in [6.45, 7) is 0. The molecular formula is C7H12NOP. The molecule has 0 bridgehead atoms. The quantitative estimate of drug-likeness (QED) is 0.453. The van der Waals surface area contributed by atoms with Gasteiger partial charge in [0.1, 0.15) is 12.3 Å². The van der Waals surface area contributed by atoms with E-state index >= 15 is 0 Å². The maximum atomic E-state index is 10.3. The Bertz CT molecular complexity index is 126. The van der Waals surface area contributed by atoms with Crippen molar-refractivity contribution in [2.75, 3.05) is 0 Å². The van der Waals surface area contributed by atoms with Crippen LogP contribution in [0.2, 0.25) is 0 Å². The molecule has 0 saturated heterocycles. The van der Waals surface area contributed by atoms with Gasteiger partial charge in [-0.25, -0.2) is 0 Å². The monoisotopic (exact) mass is 157 g/mol. The van der Waals surface area contributed by atoms with Crippen LogP contribution < -0.4 is 0 Å². The highest BCUT2D eigenvalue weighted by Crippen LogP contribution is 2.30. The van der Waals surface area contributed by atoms with Gasteiger partial charge in [0, 0.05) is 0 Å². The van der Waals surface area contributed by atoms with Crippen molar-refractivity contribution in [1.82, 2.24) is 0 Å². The normalized spacial score (nSPS) is 21.2. The van der Waals surface area contributed by atoms with Gasteiger partial charge >= 0.3 is 0 Å². The Morgan fingerprint density at radius 3 is 2.70 bits per heavy atom. The molecule has 1 aliphatic carbocycles. The van der Waals surface area contributed by atoms with E-state index in [1.165, 1.54) is 19.3 Å². The number of aldehydes is 1. The summed E-state index contributed by atoms with van der Waals surface area (Å²) in [5.41, 5.74) is 0. The zero-order chi connectivity index (χ0) is 7.40. The molecule has 0 amide bonds. The summed E-state index contributed by atoms with van der Waals surface area (Å²) in [5, 5.41) is 0. The molecule has 2 nitrogen and oxygen atoms in total. The Balaban J connectivity index is 2.19. The molecule has 0 aromatic carbocycles. The molecule has 0 aromatic heterocycles. The van der Waals surface area contributed by atoms with E-state index in [1.54, 1.807) is 0 Å². The van der Waals surface area contributed by atoms with Crippen molar-refractivity contribution < 1.29 is 4.79 Å². The lowest BCUT2D eigenvalue weighted by atomic mass is 9.81. The maximum absolute atomic E-state index is 10.3. The lowest BCUT2D eigenvalue weighted by Crippen LogP contribution is -2.18. The fraction of sp³-hybridized carbons (Fsp3) is 0.857.